The van der Waals surface area contributed by atoms with E-state index in [1.165, 1.54) is 6.42 Å². The molecule has 1 N–H and O–H groups in total. The third-order valence-corrected chi connectivity index (χ3v) is 5.82. The van der Waals surface area contributed by atoms with Gasteiger partial charge in [-0.2, -0.15) is 5.10 Å². The Morgan fingerprint density at radius 3 is 2.92 bits per heavy atom. The highest BCUT2D eigenvalue weighted by atomic mass is 32.1. The van der Waals surface area contributed by atoms with Crippen molar-refractivity contribution in [2.24, 2.45) is 11.0 Å². The Kier molecular flexibility index (Phi) is 4.80. The fourth-order valence-electron chi connectivity index (χ4n) is 3.43. The van der Waals surface area contributed by atoms with Crippen LogP contribution in [-0.4, -0.2) is 16.6 Å². The lowest BCUT2D eigenvalue weighted by Gasteiger charge is -2.19. The average Bonchev–Trinajstić information content (AvgIpc) is 3.21. The number of nitrogens with one attached hydrogen (secondary N) is 1. The molecular formula is C21H21N3OS. The maximum atomic E-state index is 12.9. The normalized spacial score (nSPS) is 19.0. The van der Waals surface area contributed by atoms with Gasteiger partial charge in [-0.3, -0.25) is 4.79 Å². The summed E-state index contributed by atoms with van der Waals surface area (Å²) >= 11 is 1.62. The Hall–Kier alpha value is -2.53. The van der Waals surface area contributed by atoms with Crippen LogP contribution in [0.2, 0.25) is 0 Å². The van der Waals surface area contributed by atoms with Gasteiger partial charge < -0.3 is 0 Å². The molecule has 5 heteroatoms. The van der Waals surface area contributed by atoms with E-state index in [1.54, 1.807) is 11.3 Å². The van der Waals surface area contributed by atoms with E-state index >= 15 is 0 Å². The van der Waals surface area contributed by atoms with Crippen molar-refractivity contribution >= 4 is 33.9 Å². The number of fused-ring (bicyclic) bond motifs is 1. The lowest BCUT2D eigenvalue weighted by Crippen LogP contribution is -2.24. The highest BCUT2D eigenvalue weighted by Gasteiger charge is 2.18. The standard InChI is InChI=1S/C21H21N3OS/c1-14-7-2-4-9-17(14)23-24-21(25)16-13-19(20-11-6-12-26-20)22-18-10-5-3-8-15(16)18/h3,5-6,8,10-14H,2,4,7,9H2,1H3,(H,24,25)/b23-17+. The minimum atomic E-state index is -0.174. The molecule has 1 amide bonds. The number of hydrazone groups is 1. The van der Waals surface area contributed by atoms with Crippen molar-refractivity contribution in [1.82, 2.24) is 10.4 Å². The molecule has 1 unspecified atom stereocenters. The highest BCUT2D eigenvalue weighted by molar-refractivity contribution is 7.13. The lowest BCUT2D eigenvalue weighted by atomic mass is 9.89. The van der Waals surface area contributed by atoms with Gasteiger partial charge >= 0.3 is 0 Å². The van der Waals surface area contributed by atoms with Crippen LogP contribution in [0.3, 0.4) is 0 Å². The molecule has 1 aromatic carbocycles. The Morgan fingerprint density at radius 1 is 1.23 bits per heavy atom. The summed E-state index contributed by atoms with van der Waals surface area (Å²) in [6.07, 6.45) is 4.52. The average molecular weight is 363 g/mol. The second-order valence-corrected chi connectivity index (χ2v) is 7.69. The van der Waals surface area contributed by atoms with Crippen molar-refractivity contribution in [2.45, 2.75) is 32.6 Å². The van der Waals surface area contributed by atoms with Crippen LogP contribution >= 0.6 is 11.3 Å². The van der Waals surface area contributed by atoms with Gasteiger partial charge in [0.15, 0.2) is 0 Å². The zero-order chi connectivity index (χ0) is 17.9. The van der Waals surface area contributed by atoms with E-state index in [0.29, 0.717) is 11.5 Å². The molecule has 0 radical (unpaired) electrons. The number of para-hydroxylation sites is 1. The molecule has 0 spiro atoms. The number of aromatic nitrogens is 1. The first kappa shape index (κ1) is 16.9. The number of nitrogens with zero attached hydrogens (tertiary/aromatic N) is 2. The van der Waals surface area contributed by atoms with Crippen LogP contribution < -0.4 is 5.43 Å². The van der Waals surface area contributed by atoms with Crippen molar-refractivity contribution in [3.8, 4) is 10.6 Å². The van der Waals surface area contributed by atoms with Gasteiger partial charge in [0.05, 0.1) is 21.7 Å². The second-order valence-electron chi connectivity index (χ2n) is 6.74. The first-order valence-electron chi connectivity index (χ1n) is 9.03. The molecule has 1 aliphatic rings. The van der Waals surface area contributed by atoms with Gasteiger partial charge in [-0.1, -0.05) is 37.6 Å². The molecule has 4 rings (SSSR count). The quantitative estimate of drug-likeness (QED) is 0.645. The Morgan fingerprint density at radius 2 is 2.12 bits per heavy atom. The van der Waals surface area contributed by atoms with E-state index in [9.17, 15) is 4.79 Å². The lowest BCUT2D eigenvalue weighted by molar-refractivity contribution is 0.0956. The van der Waals surface area contributed by atoms with Crippen molar-refractivity contribution in [3.05, 3.63) is 53.4 Å². The van der Waals surface area contributed by atoms with Crippen LogP contribution in [0.25, 0.3) is 21.5 Å². The van der Waals surface area contributed by atoms with Gasteiger partial charge in [-0.25, -0.2) is 10.4 Å². The minimum Gasteiger partial charge on any atom is -0.267 e. The van der Waals surface area contributed by atoms with E-state index in [2.05, 4.69) is 17.5 Å². The first-order valence-corrected chi connectivity index (χ1v) is 9.91. The summed E-state index contributed by atoms with van der Waals surface area (Å²) in [5.41, 5.74) is 6.15. The molecule has 2 aromatic heterocycles. The number of carbonyl (C=O) groups excluding carboxylic acids is 1. The number of thiophene rings is 1. The molecule has 2 heterocycles. The zero-order valence-corrected chi connectivity index (χ0v) is 15.6. The van der Waals surface area contributed by atoms with Crippen LogP contribution in [-0.2, 0) is 0 Å². The van der Waals surface area contributed by atoms with E-state index < -0.39 is 0 Å². The third-order valence-electron chi connectivity index (χ3n) is 4.92. The maximum Gasteiger partial charge on any atom is 0.272 e. The van der Waals surface area contributed by atoms with Crippen LogP contribution in [0.15, 0.2) is 52.9 Å². The number of amides is 1. The molecular weight excluding hydrogens is 342 g/mol. The number of benzene rings is 1. The van der Waals surface area contributed by atoms with E-state index in [-0.39, 0.29) is 5.91 Å². The molecule has 0 bridgehead atoms. The Balaban J connectivity index is 1.70. The summed E-state index contributed by atoms with van der Waals surface area (Å²) < 4.78 is 0. The SMILES string of the molecule is CC1CCCC/C1=N\NC(=O)c1cc(-c2cccs2)nc2ccccc12. The molecule has 1 aliphatic carbocycles. The topological polar surface area (TPSA) is 54.4 Å². The molecule has 0 saturated heterocycles. The van der Waals surface area contributed by atoms with Gasteiger partial charge in [-0.05, 0) is 48.8 Å². The van der Waals surface area contributed by atoms with Crippen LogP contribution in [0.4, 0.5) is 0 Å². The zero-order valence-electron chi connectivity index (χ0n) is 14.7. The molecule has 1 atom stereocenters. The van der Waals surface area contributed by atoms with Gasteiger partial charge in [-0.15, -0.1) is 11.3 Å². The van der Waals surface area contributed by atoms with Gasteiger partial charge in [0.1, 0.15) is 0 Å². The van der Waals surface area contributed by atoms with Gasteiger partial charge in [0, 0.05) is 11.1 Å². The smallest absolute Gasteiger partial charge is 0.267 e. The third kappa shape index (κ3) is 3.40. The van der Waals surface area contributed by atoms with Gasteiger partial charge in [0.2, 0.25) is 0 Å². The summed E-state index contributed by atoms with van der Waals surface area (Å²) in [6.45, 7) is 2.18. The number of hydrogen-bond acceptors (Lipinski definition) is 4. The fraction of sp³-hybridized carbons (Fsp3) is 0.286. The molecule has 1 fully saturated rings. The molecule has 4 nitrogen and oxygen atoms in total. The number of rotatable bonds is 3. The summed E-state index contributed by atoms with van der Waals surface area (Å²) in [5.74, 6) is 0.270. The number of hydrogen-bond donors (Lipinski definition) is 1. The summed E-state index contributed by atoms with van der Waals surface area (Å²) in [4.78, 5) is 18.7. The maximum absolute atomic E-state index is 12.9. The molecule has 26 heavy (non-hydrogen) atoms. The first-order chi connectivity index (χ1) is 12.7. The summed E-state index contributed by atoms with van der Waals surface area (Å²) in [6, 6.07) is 13.6. The van der Waals surface area contributed by atoms with Crippen LogP contribution in [0.1, 0.15) is 43.0 Å². The minimum absolute atomic E-state index is 0.174. The summed E-state index contributed by atoms with van der Waals surface area (Å²) in [5, 5.41) is 7.30. The molecule has 1 saturated carbocycles. The monoisotopic (exact) mass is 363 g/mol. The molecule has 132 valence electrons. The second kappa shape index (κ2) is 7.38. The van der Waals surface area contributed by atoms with Crippen LogP contribution in [0, 0.1) is 5.92 Å². The number of pyridine rings is 1. The predicted octanol–water partition coefficient (Wildman–Crippen LogP) is 5.26. The molecule has 0 aliphatic heterocycles. The largest absolute Gasteiger partial charge is 0.272 e. The Labute approximate surface area is 157 Å². The van der Waals surface area contributed by atoms with E-state index in [4.69, 9.17) is 4.98 Å². The predicted molar refractivity (Wildman–Crippen MR) is 108 cm³/mol. The highest BCUT2D eigenvalue weighted by Crippen LogP contribution is 2.28. The fourth-order valence-corrected chi connectivity index (χ4v) is 4.12. The van der Waals surface area contributed by atoms with Gasteiger partial charge in [0.25, 0.3) is 5.91 Å². The van der Waals surface area contributed by atoms with Crippen molar-refractivity contribution in [2.75, 3.05) is 0 Å². The van der Waals surface area contributed by atoms with Crippen LogP contribution in [0.5, 0.6) is 0 Å². The van der Waals surface area contributed by atoms with E-state index in [0.717, 1.165) is 46.4 Å². The van der Waals surface area contributed by atoms with Crippen molar-refractivity contribution < 1.29 is 4.79 Å². The molecule has 3 aromatic rings. The van der Waals surface area contributed by atoms with Crippen molar-refractivity contribution in [3.63, 3.8) is 0 Å². The van der Waals surface area contributed by atoms with E-state index in [1.807, 2.05) is 47.8 Å². The Bertz CT molecular complexity index is 963. The van der Waals surface area contributed by atoms with Crippen molar-refractivity contribution in [1.29, 1.82) is 0 Å². The number of carbonyl (C=O) groups is 1. The summed E-state index contributed by atoms with van der Waals surface area (Å²) in [7, 11) is 0.